The van der Waals surface area contributed by atoms with Crippen LogP contribution in [-0.4, -0.2) is 29.2 Å². The van der Waals surface area contributed by atoms with Crippen molar-refractivity contribution in [2.24, 2.45) is 11.7 Å². The number of methoxy groups -OCH3 is 1. The van der Waals surface area contributed by atoms with Gasteiger partial charge in [-0.25, -0.2) is 4.98 Å². The zero-order chi connectivity index (χ0) is 12.1. The smallest absolute Gasteiger partial charge is 0.310 e. The van der Waals surface area contributed by atoms with Crippen LogP contribution in [0, 0.1) is 5.92 Å². The van der Waals surface area contributed by atoms with Crippen molar-refractivity contribution in [1.82, 2.24) is 9.55 Å². The molecule has 5 heteroatoms. The van der Waals surface area contributed by atoms with E-state index >= 15 is 0 Å². The van der Waals surface area contributed by atoms with Crippen LogP contribution in [0.5, 0.6) is 0 Å². The molecule has 5 nitrogen and oxygen atoms in total. The summed E-state index contributed by atoms with van der Waals surface area (Å²) in [5, 5.41) is 0. The summed E-state index contributed by atoms with van der Waals surface area (Å²) in [6.45, 7) is 4.43. The minimum absolute atomic E-state index is 0.265. The Kier molecular flexibility index (Phi) is 4.49. The van der Waals surface area contributed by atoms with Crippen molar-refractivity contribution in [3.05, 3.63) is 18.2 Å². The molecule has 0 amide bonds. The summed E-state index contributed by atoms with van der Waals surface area (Å²) in [5.74, 6) is -0.557. The fourth-order valence-electron chi connectivity index (χ4n) is 1.64. The maximum absolute atomic E-state index is 11.4. The van der Waals surface area contributed by atoms with Crippen LogP contribution in [0.1, 0.15) is 25.6 Å². The normalized spacial score (nSPS) is 12.8. The number of nitrogens with two attached hydrogens (primary N) is 1. The highest BCUT2D eigenvalue weighted by molar-refractivity contribution is 5.72. The van der Waals surface area contributed by atoms with E-state index in [0.29, 0.717) is 12.5 Å². The highest BCUT2D eigenvalue weighted by atomic mass is 16.5. The molecule has 1 rings (SSSR count). The number of carbonyl (C=O) groups excluding carboxylic acids is 1. The third-order valence-corrected chi connectivity index (χ3v) is 2.58. The molecule has 0 aliphatic rings. The summed E-state index contributed by atoms with van der Waals surface area (Å²) in [4.78, 5) is 15.5. The number of hydrogen-bond acceptors (Lipinski definition) is 4. The number of hydrogen-bond donors (Lipinski definition) is 1. The molecule has 0 saturated heterocycles. The first-order chi connectivity index (χ1) is 7.60. The number of esters is 1. The van der Waals surface area contributed by atoms with Crippen LogP contribution in [0.3, 0.4) is 0 Å². The largest absolute Gasteiger partial charge is 0.469 e. The molecule has 0 aromatic carbocycles. The van der Waals surface area contributed by atoms with Crippen molar-refractivity contribution >= 4 is 5.97 Å². The SMILES string of the molecule is COC(=O)C(CN)Cc1cncn1C(C)C. The fraction of sp³-hybridized carbons (Fsp3) is 0.636. The van der Waals surface area contributed by atoms with E-state index in [1.54, 1.807) is 12.5 Å². The molecule has 0 spiro atoms. The molecule has 1 atom stereocenters. The predicted octanol–water partition coefficient (Wildman–Crippen LogP) is 0.754. The number of carbonyl (C=O) groups is 1. The molecule has 16 heavy (non-hydrogen) atoms. The Bertz CT molecular complexity index is 347. The Hall–Kier alpha value is -1.36. The lowest BCUT2D eigenvalue weighted by Crippen LogP contribution is -2.27. The molecule has 1 heterocycles. The second-order valence-electron chi connectivity index (χ2n) is 4.05. The number of nitrogens with zero attached hydrogens (tertiary/aromatic N) is 2. The standard InChI is InChI=1S/C11H19N3O2/c1-8(2)14-7-13-6-10(14)4-9(5-12)11(15)16-3/h6-9H,4-5,12H2,1-3H3. The molecule has 0 bridgehead atoms. The van der Waals surface area contributed by atoms with Crippen molar-refractivity contribution < 1.29 is 9.53 Å². The molecule has 0 aliphatic carbocycles. The Morgan fingerprint density at radius 3 is 2.81 bits per heavy atom. The second-order valence-corrected chi connectivity index (χ2v) is 4.05. The number of ether oxygens (including phenoxy) is 1. The van der Waals surface area contributed by atoms with Crippen molar-refractivity contribution in [2.45, 2.75) is 26.3 Å². The molecule has 0 radical (unpaired) electrons. The first-order valence-electron chi connectivity index (χ1n) is 5.38. The van der Waals surface area contributed by atoms with Gasteiger partial charge in [0.25, 0.3) is 0 Å². The lowest BCUT2D eigenvalue weighted by atomic mass is 10.0. The topological polar surface area (TPSA) is 70.1 Å². The van der Waals surface area contributed by atoms with Gasteiger partial charge in [-0.15, -0.1) is 0 Å². The van der Waals surface area contributed by atoms with E-state index in [0.717, 1.165) is 5.69 Å². The zero-order valence-corrected chi connectivity index (χ0v) is 10.0. The quantitative estimate of drug-likeness (QED) is 0.751. The van der Waals surface area contributed by atoms with Crippen LogP contribution in [0.25, 0.3) is 0 Å². The fourth-order valence-corrected chi connectivity index (χ4v) is 1.64. The van der Waals surface area contributed by atoms with Crippen LogP contribution >= 0.6 is 0 Å². The number of rotatable bonds is 5. The number of imidazole rings is 1. The Morgan fingerprint density at radius 1 is 1.62 bits per heavy atom. The maximum Gasteiger partial charge on any atom is 0.310 e. The van der Waals surface area contributed by atoms with Gasteiger partial charge in [0.2, 0.25) is 0 Å². The molecule has 2 N–H and O–H groups in total. The highest BCUT2D eigenvalue weighted by Crippen LogP contribution is 2.14. The highest BCUT2D eigenvalue weighted by Gasteiger charge is 2.20. The third kappa shape index (κ3) is 2.82. The predicted molar refractivity (Wildman–Crippen MR) is 60.9 cm³/mol. The Labute approximate surface area is 95.6 Å². The van der Waals surface area contributed by atoms with Crippen molar-refractivity contribution in [1.29, 1.82) is 0 Å². The van der Waals surface area contributed by atoms with E-state index in [9.17, 15) is 4.79 Å². The third-order valence-electron chi connectivity index (χ3n) is 2.58. The van der Waals surface area contributed by atoms with E-state index in [1.807, 2.05) is 4.57 Å². The summed E-state index contributed by atoms with van der Waals surface area (Å²) in [6, 6.07) is 0.327. The molecule has 1 aromatic rings. The van der Waals surface area contributed by atoms with Crippen LogP contribution in [0.4, 0.5) is 0 Å². The minimum Gasteiger partial charge on any atom is -0.469 e. The van der Waals surface area contributed by atoms with Gasteiger partial charge in [0.15, 0.2) is 0 Å². The van der Waals surface area contributed by atoms with Gasteiger partial charge in [0, 0.05) is 30.9 Å². The lowest BCUT2D eigenvalue weighted by Gasteiger charge is -2.15. The average Bonchev–Trinajstić information content (AvgIpc) is 2.72. The van der Waals surface area contributed by atoms with Gasteiger partial charge in [0.05, 0.1) is 19.4 Å². The molecule has 1 aromatic heterocycles. The molecule has 1 unspecified atom stereocenters. The second kappa shape index (κ2) is 5.65. The molecule has 0 saturated carbocycles. The van der Waals surface area contributed by atoms with Crippen molar-refractivity contribution in [2.75, 3.05) is 13.7 Å². The van der Waals surface area contributed by atoms with Crippen LogP contribution in [0.2, 0.25) is 0 Å². The van der Waals surface area contributed by atoms with Gasteiger partial charge in [-0.3, -0.25) is 4.79 Å². The van der Waals surface area contributed by atoms with Crippen molar-refractivity contribution in [3.63, 3.8) is 0 Å². The maximum atomic E-state index is 11.4. The first kappa shape index (κ1) is 12.7. The van der Waals surface area contributed by atoms with E-state index in [-0.39, 0.29) is 18.4 Å². The Morgan fingerprint density at radius 2 is 2.31 bits per heavy atom. The van der Waals surface area contributed by atoms with Gasteiger partial charge in [-0.1, -0.05) is 0 Å². The molecule has 0 aliphatic heterocycles. The minimum atomic E-state index is -0.292. The van der Waals surface area contributed by atoms with Gasteiger partial charge < -0.3 is 15.0 Å². The number of aromatic nitrogens is 2. The zero-order valence-electron chi connectivity index (χ0n) is 10.0. The molecule has 0 fully saturated rings. The summed E-state index contributed by atoms with van der Waals surface area (Å²) >= 11 is 0. The lowest BCUT2D eigenvalue weighted by molar-refractivity contribution is -0.145. The van der Waals surface area contributed by atoms with Gasteiger partial charge in [-0.2, -0.15) is 0 Å². The summed E-state index contributed by atoms with van der Waals surface area (Å²) in [6.07, 6.45) is 4.11. The van der Waals surface area contributed by atoms with Crippen molar-refractivity contribution in [3.8, 4) is 0 Å². The summed E-state index contributed by atoms with van der Waals surface area (Å²) < 4.78 is 6.74. The van der Waals surface area contributed by atoms with Gasteiger partial charge >= 0.3 is 5.97 Å². The van der Waals surface area contributed by atoms with E-state index in [2.05, 4.69) is 18.8 Å². The molecular formula is C11H19N3O2. The first-order valence-corrected chi connectivity index (χ1v) is 5.38. The van der Waals surface area contributed by atoms with Gasteiger partial charge in [-0.05, 0) is 13.8 Å². The average molecular weight is 225 g/mol. The monoisotopic (exact) mass is 225 g/mol. The summed E-state index contributed by atoms with van der Waals surface area (Å²) in [7, 11) is 1.38. The summed E-state index contributed by atoms with van der Waals surface area (Å²) in [5.41, 5.74) is 6.57. The van der Waals surface area contributed by atoms with E-state index < -0.39 is 0 Å². The Balaban J connectivity index is 2.78. The molecule has 90 valence electrons. The van der Waals surface area contributed by atoms with E-state index in [4.69, 9.17) is 10.5 Å². The van der Waals surface area contributed by atoms with Crippen LogP contribution < -0.4 is 5.73 Å². The van der Waals surface area contributed by atoms with Crippen LogP contribution in [0.15, 0.2) is 12.5 Å². The molecular weight excluding hydrogens is 206 g/mol. The van der Waals surface area contributed by atoms with E-state index in [1.165, 1.54) is 7.11 Å². The van der Waals surface area contributed by atoms with Crippen LogP contribution in [-0.2, 0) is 16.0 Å². The van der Waals surface area contributed by atoms with Gasteiger partial charge in [0.1, 0.15) is 0 Å².